The monoisotopic (exact) mass is 360 g/mol. The molecule has 9 nitrogen and oxygen atoms in total. The molecule has 0 spiro atoms. The minimum atomic E-state index is -0.803. The third kappa shape index (κ3) is 4.12. The summed E-state index contributed by atoms with van der Waals surface area (Å²) in [4.78, 5) is 60.5. The Morgan fingerprint density at radius 3 is 2.69 bits per heavy atom. The lowest BCUT2D eigenvalue weighted by molar-refractivity contribution is -0.136. The maximum atomic E-state index is 12.8. The van der Waals surface area contributed by atoms with Crippen molar-refractivity contribution in [3.63, 3.8) is 0 Å². The maximum Gasteiger partial charge on any atom is 0.255 e. The van der Waals surface area contributed by atoms with Gasteiger partial charge in [0, 0.05) is 13.5 Å². The Bertz CT molecular complexity index is 762. The first kappa shape index (κ1) is 19.3. The zero-order valence-electron chi connectivity index (χ0n) is 14.5. The molecule has 1 atom stereocenters. The molecule has 9 heteroatoms. The van der Waals surface area contributed by atoms with Crippen LogP contribution in [-0.2, 0) is 14.4 Å². The van der Waals surface area contributed by atoms with Crippen LogP contribution < -0.4 is 16.0 Å². The van der Waals surface area contributed by atoms with Gasteiger partial charge in [-0.15, -0.1) is 0 Å². The van der Waals surface area contributed by atoms with Crippen molar-refractivity contribution in [2.45, 2.75) is 18.9 Å². The quantitative estimate of drug-likeness (QED) is 0.465. The molecule has 1 aromatic rings. The Hall–Kier alpha value is -3.07. The van der Waals surface area contributed by atoms with E-state index in [0.717, 1.165) is 0 Å². The van der Waals surface area contributed by atoms with Crippen LogP contribution >= 0.6 is 0 Å². The van der Waals surface area contributed by atoms with Gasteiger partial charge in [-0.3, -0.25) is 29.3 Å². The first-order valence-corrected chi connectivity index (χ1v) is 8.02. The molecule has 0 bridgehead atoms. The number of imide groups is 1. The molecule has 4 amide bonds. The number of aldehydes is 1. The van der Waals surface area contributed by atoms with E-state index >= 15 is 0 Å². The molecule has 1 fully saturated rings. The molecule has 138 valence electrons. The Balaban J connectivity index is 2.27. The van der Waals surface area contributed by atoms with Gasteiger partial charge in [0.1, 0.15) is 6.04 Å². The average molecular weight is 360 g/mol. The summed E-state index contributed by atoms with van der Waals surface area (Å²) in [6, 6.07) is 3.69. The number of anilines is 1. The zero-order chi connectivity index (χ0) is 19.3. The fourth-order valence-corrected chi connectivity index (χ4v) is 2.73. The maximum absolute atomic E-state index is 12.8. The van der Waals surface area contributed by atoms with Crippen LogP contribution in [0.4, 0.5) is 5.69 Å². The van der Waals surface area contributed by atoms with Gasteiger partial charge < -0.3 is 15.5 Å². The summed E-state index contributed by atoms with van der Waals surface area (Å²) in [7, 11) is 3.04. The van der Waals surface area contributed by atoms with Crippen molar-refractivity contribution in [2.75, 3.05) is 26.0 Å². The molecule has 0 radical (unpaired) electrons. The van der Waals surface area contributed by atoms with Crippen molar-refractivity contribution in [1.29, 1.82) is 0 Å². The van der Waals surface area contributed by atoms with Gasteiger partial charge in [0.2, 0.25) is 17.7 Å². The number of hydrogen-bond donors (Lipinski definition) is 3. The number of hydrogen-bond acceptors (Lipinski definition) is 6. The number of likely N-dealkylation sites (N-methyl/N-ethyl adjacent to an activating group) is 2. The van der Waals surface area contributed by atoms with Crippen LogP contribution in [0.25, 0.3) is 0 Å². The number of nitrogens with one attached hydrogen (secondary N) is 3. The van der Waals surface area contributed by atoms with Crippen molar-refractivity contribution < 1.29 is 24.0 Å². The third-order valence-corrected chi connectivity index (χ3v) is 4.06. The summed E-state index contributed by atoms with van der Waals surface area (Å²) in [6.45, 7) is 0.0483. The van der Waals surface area contributed by atoms with Crippen LogP contribution in [0.2, 0.25) is 0 Å². The first-order valence-electron chi connectivity index (χ1n) is 8.02. The predicted molar refractivity (Wildman–Crippen MR) is 92.7 cm³/mol. The highest BCUT2D eigenvalue weighted by molar-refractivity contribution is 6.09. The molecule has 1 unspecified atom stereocenters. The minimum Gasteiger partial charge on any atom is -0.330 e. The van der Waals surface area contributed by atoms with E-state index in [1.807, 2.05) is 0 Å². The number of piperidine rings is 1. The van der Waals surface area contributed by atoms with E-state index in [1.165, 1.54) is 30.1 Å². The smallest absolute Gasteiger partial charge is 0.255 e. The molecule has 0 aliphatic carbocycles. The topological polar surface area (TPSA) is 125 Å². The lowest BCUT2D eigenvalue weighted by Crippen LogP contribution is -2.53. The highest BCUT2D eigenvalue weighted by atomic mass is 16.2. The van der Waals surface area contributed by atoms with Gasteiger partial charge in [0.05, 0.1) is 23.4 Å². The molecular weight excluding hydrogens is 340 g/mol. The van der Waals surface area contributed by atoms with Crippen LogP contribution in [0.15, 0.2) is 18.2 Å². The Morgan fingerprint density at radius 2 is 2.08 bits per heavy atom. The van der Waals surface area contributed by atoms with Crippen molar-refractivity contribution in [2.24, 2.45) is 0 Å². The standard InChI is InChI=1S/C17H20N4O5/c1-18-8-15(24)19-12-5-3-4-10(11(12)9-22)17(26)21(2)13-6-7-14(23)20-16(13)25/h3-5,9,13,18H,6-8H2,1-2H3,(H,19,24)(H,20,23,25). The Labute approximate surface area is 150 Å². The summed E-state index contributed by atoms with van der Waals surface area (Å²) >= 11 is 0. The van der Waals surface area contributed by atoms with Gasteiger partial charge in [-0.05, 0) is 25.6 Å². The van der Waals surface area contributed by atoms with Crippen molar-refractivity contribution >= 4 is 35.6 Å². The lowest BCUT2D eigenvalue weighted by atomic mass is 10.0. The lowest BCUT2D eigenvalue weighted by Gasteiger charge is -2.30. The summed E-state index contributed by atoms with van der Waals surface area (Å²) in [6.07, 6.45) is 0.830. The molecule has 1 aliphatic rings. The second kappa shape index (κ2) is 8.34. The van der Waals surface area contributed by atoms with E-state index in [4.69, 9.17) is 0 Å². The van der Waals surface area contributed by atoms with E-state index in [-0.39, 0.29) is 48.0 Å². The van der Waals surface area contributed by atoms with E-state index in [9.17, 15) is 24.0 Å². The van der Waals surface area contributed by atoms with Gasteiger partial charge in [0.25, 0.3) is 5.91 Å². The number of benzene rings is 1. The number of amides is 4. The fourth-order valence-electron chi connectivity index (χ4n) is 2.73. The minimum absolute atomic E-state index is 0.0288. The van der Waals surface area contributed by atoms with Crippen molar-refractivity contribution in [3.8, 4) is 0 Å². The highest BCUT2D eigenvalue weighted by Gasteiger charge is 2.33. The van der Waals surface area contributed by atoms with Gasteiger partial charge >= 0.3 is 0 Å². The van der Waals surface area contributed by atoms with E-state index in [2.05, 4.69) is 16.0 Å². The summed E-state index contributed by atoms with van der Waals surface area (Å²) in [5.74, 6) is -1.84. The predicted octanol–water partition coefficient (Wildman–Crippen LogP) is -0.466. The zero-order valence-corrected chi connectivity index (χ0v) is 14.5. The summed E-state index contributed by atoms with van der Waals surface area (Å²) < 4.78 is 0. The Kier molecular flexibility index (Phi) is 6.18. The van der Waals surface area contributed by atoms with Crippen LogP contribution in [-0.4, -0.2) is 61.5 Å². The van der Waals surface area contributed by atoms with Crippen molar-refractivity contribution in [1.82, 2.24) is 15.5 Å². The van der Waals surface area contributed by atoms with E-state index < -0.39 is 17.9 Å². The van der Waals surface area contributed by atoms with E-state index in [0.29, 0.717) is 6.29 Å². The molecule has 1 heterocycles. The second-order valence-electron chi connectivity index (χ2n) is 5.85. The highest BCUT2D eigenvalue weighted by Crippen LogP contribution is 2.21. The van der Waals surface area contributed by atoms with Crippen LogP contribution in [0.5, 0.6) is 0 Å². The van der Waals surface area contributed by atoms with Gasteiger partial charge in [-0.25, -0.2) is 0 Å². The number of carbonyl (C=O) groups excluding carboxylic acids is 5. The number of carbonyl (C=O) groups is 5. The fraction of sp³-hybridized carbons (Fsp3) is 0.353. The first-order chi connectivity index (χ1) is 12.4. The third-order valence-electron chi connectivity index (χ3n) is 4.06. The molecule has 1 saturated heterocycles. The average Bonchev–Trinajstić information content (AvgIpc) is 2.60. The molecule has 0 aromatic heterocycles. The molecule has 1 aliphatic heterocycles. The second-order valence-corrected chi connectivity index (χ2v) is 5.85. The van der Waals surface area contributed by atoms with Gasteiger partial charge in [-0.1, -0.05) is 6.07 Å². The Morgan fingerprint density at radius 1 is 1.35 bits per heavy atom. The summed E-state index contributed by atoms with van der Waals surface area (Å²) in [5.41, 5.74) is 0.304. The molecule has 1 aromatic carbocycles. The van der Waals surface area contributed by atoms with Gasteiger partial charge in [0.15, 0.2) is 6.29 Å². The largest absolute Gasteiger partial charge is 0.330 e. The molecule has 26 heavy (non-hydrogen) atoms. The number of nitrogens with zero attached hydrogens (tertiary/aromatic N) is 1. The molecule has 2 rings (SSSR count). The summed E-state index contributed by atoms with van der Waals surface area (Å²) in [5, 5.41) is 7.44. The van der Waals surface area contributed by atoms with Crippen LogP contribution in [0, 0.1) is 0 Å². The molecule has 0 saturated carbocycles. The number of rotatable bonds is 6. The van der Waals surface area contributed by atoms with Gasteiger partial charge in [-0.2, -0.15) is 0 Å². The van der Waals surface area contributed by atoms with Crippen LogP contribution in [0.3, 0.4) is 0 Å². The SMILES string of the molecule is CNCC(=O)Nc1cccc(C(=O)N(C)C2CCC(=O)NC2=O)c1C=O. The van der Waals surface area contributed by atoms with Crippen LogP contribution in [0.1, 0.15) is 33.6 Å². The molecule has 3 N–H and O–H groups in total. The normalized spacial score (nSPS) is 16.6. The van der Waals surface area contributed by atoms with Crippen molar-refractivity contribution in [3.05, 3.63) is 29.3 Å². The van der Waals surface area contributed by atoms with E-state index in [1.54, 1.807) is 7.05 Å². The molecular formula is C17H20N4O5.